The summed E-state index contributed by atoms with van der Waals surface area (Å²) in [5, 5.41) is 3.06. The van der Waals surface area contributed by atoms with Gasteiger partial charge in [-0.05, 0) is 26.1 Å². The predicted molar refractivity (Wildman–Crippen MR) is 53.2 cm³/mol. The van der Waals surface area contributed by atoms with Crippen LogP contribution in [-0.2, 0) is 18.2 Å². The molecule has 0 radical (unpaired) electrons. The molecular weight excluding hydrogens is 186 g/mol. The summed E-state index contributed by atoms with van der Waals surface area (Å²) >= 11 is 4.98. The Morgan fingerprint density at radius 3 is 2.62 bits per heavy atom. The van der Waals surface area contributed by atoms with Gasteiger partial charge in [0.2, 0.25) is 4.77 Å². The Morgan fingerprint density at radius 2 is 2.23 bits per heavy atom. The van der Waals surface area contributed by atoms with E-state index in [0.717, 1.165) is 12.2 Å². The van der Waals surface area contributed by atoms with Gasteiger partial charge in [-0.25, -0.2) is 4.98 Å². The molecule has 1 heterocycles. The number of hydrogen-bond acceptors (Lipinski definition) is 3. The number of aromatic nitrogens is 3. The third-order valence-electron chi connectivity index (χ3n) is 1.96. The van der Waals surface area contributed by atoms with Crippen molar-refractivity contribution in [3.8, 4) is 0 Å². The number of nitrogens with one attached hydrogen (secondary N) is 1. The van der Waals surface area contributed by atoms with E-state index in [0.29, 0.717) is 4.77 Å². The molecule has 1 N–H and O–H groups in total. The van der Waals surface area contributed by atoms with Gasteiger partial charge in [-0.2, -0.15) is 0 Å². The first-order valence-electron chi connectivity index (χ1n) is 4.12. The lowest BCUT2D eigenvalue weighted by molar-refractivity contribution is 0.0215. The monoisotopic (exact) mass is 201 g/mol. The number of H-pyrrole nitrogens is 1. The molecule has 0 aliphatic heterocycles. The van der Waals surface area contributed by atoms with Crippen molar-refractivity contribution in [2.24, 2.45) is 7.05 Å². The summed E-state index contributed by atoms with van der Waals surface area (Å²) < 4.78 is 7.58. The van der Waals surface area contributed by atoms with Crippen LogP contribution in [0.4, 0.5) is 0 Å². The first kappa shape index (κ1) is 10.4. The maximum atomic E-state index is 5.29. The van der Waals surface area contributed by atoms with Gasteiger partial charge in [0.15, 0.2) is 0 Å². The topological polar surface area (TPSA) is 42.8 Å². The van der Waals surface area contributed by atoms with E-state index < -0.39 is 0 Å². The zero-order valence-electron chi connectivity index (χ0n) is 8.42. The third-order valence-corrected chi connectivity index (χ3v) is 2.33. The molecule has 1 rings (SSSR count). The molecule has 1 aromatic rings. The lowest BCUT2D eigenvalue weighted by Gasteiger charge is -2.20. The van der Waals surface area contributed by atoms with E-state index in [2.05, 4.69) is 10.1 Å². The summed E-state index contributed by atoms with van der Waals surface area (Å²) in [6, 6.07) is 0. The second-order valence-electron chi connectivity index (χ2n) is 3.65. The number of aryl methyl sites for hydroxylation is 1. The highest BCUT2D eigenvalue weighted by Crippen LogP contribution is 2.12. The Balaban J connectivity index is 2.81. The second kappa shape index (κ2) is 3.59. The highest BCUT2D eigenvalue weighted by Gasteiger charge is 2.18. The fourth-order valence-electron chi connectivity index (χ4n) is 1.01. The summed E-state index contributed by atoms with van der Waals surface area (Å²) in [6.45, 7) is 4.02. The van der Waals surface area contributed by atoms with E-state index in [1.165, 1.54) is 0 Å². The number of rotatable bonds is 3. The fourth-order valence-corrected chi connectivity index (χ4v) is 1.17. The Kier molecular flexibility index (Phi) is 2.87. The largest absolute Gasteiger partial charge is 0.378 e. The van der Waals surface area contributed by atoms with Crippen LogP contribution in [0.3, 0.4) is 0 Å². The predicted octanol–water partition coefficient (Wildman–Crippen LogP) is 1.45. The summed E-state index contributed by atoms with van der Waals surface area (Å²) in [6.07, 6.45) is 0.730. The maximum absolute atomic E-state index is 5.29. The fraction of sp³-hybridized carbons (Fsp3) is 0.750. The molecule has 5 heteroatoms. The number of nitrogens with zero attached hydrogens (tertiary/aromatic N) is 2. The number of aromatic amines is 1. The molecule has 0 amide bonds. The van der Waals surface area contributed by atoms with Crippen LogP contribution < -0.4 is 0 Å². The van der Waals surface area contributed by atoms with E-state index >= 15 is 0 Å². The van der Waals surface area contributed by atoms with Crippen LogP contribution in [0.1, 0.15) is 19.7 Å². The van der Waals surface area contributed by atoms with Crippen LogP contribution in [0.25, 0.3) is 0 Å². The van der Waals surface area contributed by atoms with E-state index in [9.17, 15) is 0 Å². The summed E-state index contributed by atoms with van der Waals surface area (Å²) in [5.41, 5.74) is -0.202. The zero-order chi connectivity index (χ0) is 10.1. The molecule has 0 saturated carbocycles. The third kappa shape index (κ3) is 2.63. The number of methoxy groups -OCH3 is 1. The standard InChI is InChI=1S/C8H15N3OS/c1-8(2,12-4)5-6-9-7(13)11(3)10-6/h5H2,1-4H3,(H,9,10,13). The first-order chi connectivity index (χ1) is 5.94. The molecule has 0 unspecified atom stereocenters. The van der Waals surface area contributed by atoms with Crippen molar-refractivity contribution < 1.29 is 4.74 Å². The highest BCUT2D eigenvalue weighted by atomic mass is 32.1. The smallest absolute Gasteiger partial charge is 0.215 e. The summed E-state index contributed by atoms with van der Waals surface area (Å²) in [4.78, 5) is 4.19. The Morgan fingerprint density at radius 1 is 1.62 bits per heavy atom. The molecule has 0 aliphatic rings. The molecule has 74 valence electrons. The highest BCUT2D eigenvalue weighted by molar-refractivity contribution is 7.71. The van der Waals surface area contributed by atoms with Crippen LogP contribution in [0, 0.1) is 4.77 Å². The lowest BCUT2D eigenvalue weighted by Crippen LogP contribution is -2.26. The molecule has 4 nitrogen and oxygen atoms in total. The van der Waals surface area contributed by atoms with Gasteiger partial charge in [-0.3, -0.25) is 9.78 Å². The van der Waals surface area contributed by atoms with Crippen LogP contribution in [0.5, 0.6) is 0 Å². The molecular formula is C8H15N3OS. The van der Waals surface area contributed by atoms with Crippen molar-refractivity contribution in [1.82, 2.24) is 14.8 Å². The molecule has 0 saturated heterocycles. The summed E-state index contributed by atoms with van der Waals surface area (Å²) in [7, 11) is 3.54. The van der Waals surface area contributed by atoms with Gasteiger partial charge in [0.1, 0.15) is 5.82 Å². The van der Waals surface area contributed by atoms with Crippen LogP contribution in [0.15, 0.2) is 0 Å². The lowest BCUT2D eigenvalue weighted by atomic mass is 10.1. The molecule has 0 fully saturated rings. The van der Waals surface area contributed by atoms with Crippen LogP contribution in [0.2, 0.25) is 0 Å². The summed E-state index contributed by atoms with van der Waals surface area (Å²) in [5.74, 6) is 0.861. The van der Waals surface area contributed by atoms with E-state index in [4.69, 9.17) is 17.0 Å². The zero-order valence-corrected chi connectivity index (χ0v) is 9.23. The van der Waals surface area contributed by atoms with Gasteiger partial charge in [0.25, 0.3) is 0 Å². The second-order valence-corrected chi connectivity index (χ2v) is 4.02. The van der Waals surface area contributed by atoms with Crippen LogP contribution >= 0.6 is 12.2 Å². The van der Waals surface area contributed by atoms with Crippen molar-refractivity contribution in [3.63, 3.8) is 0 Å². The van der Waals surface area contributed by atoms with Crippen molar-refractivity contribution in [2.45, 2.75) is 25.9 Å². The van der Waals surface area contributed by atoms with E-state index in [-0.39, 0.29) is 5.60 Å². The van der Waals surface area contributed by atoms with E-state index in [1.54, 1.807) is 11.8 Å². The minimum Gasteiger partial charge on any atom is -0.378 e. The average molecular weight is 201 g/mol. The van der Waals surface area contributed by atoms with Gasteiger partial charge in [-0.1, -0.05) is 0 Å². The number of hydrogen-bond donors (Lipinski definition) is 1. The minimum atomic E-state index is -0.202. The molecule has 0 aromatic carbocycles. The van der Waals surface area contributed by atoms with Crippen molar-refractivity contribution in [1.29, 1.82) is 0 Å². The minimum absolute atomic E-state index is 0.202. The van der Waals surface area contributed by atoms with Crippen molar-refractivity contribution in [2.75, 3.05) is 7.11 Å². The first-order valence-corrected chi connectivity index (χ1v) is 4.52. The van der Waals surface area contributed by atoms with E-state index in [1.807, 2.05) is 20.9 Å². The number of ether oxygens (including phenoxy) is 1. The van der Waals surface area contributed by atoms with Crippen molar-refractivity contribution >= 4 is 12.2 Å². The van der Waals surface area contributed by atoms with Gasteiger partial charge >= 0.3 is 0 Å². The van der Waals surface area contributed by atoms with Gasteiger partial charge in [0, 0.05) is 20.6 Å². The SMILES string of the molecule is COC(C)(C)Cc1nc(=S)n(C)[nH]1. The van der Waals surface area contributed by atoms with Crippen molar-refractivity contribution in [3.05, 3.63) is 10.6 Å². The van der Waals surface area contributed by atoms with Gasteiger partial charge in [-0.15, -0.1) is 0 Å². The Hall–Kier alpha value is -0.680. The average Bonchev–Trinajstić information content (AvgIpc) is 2.30. The molecule has 1 aromatic heterocycles. The molecule has 13 heavy (non-hydrogen) atoms. The molecule has 0 bridgehead atoms. The Labute approximate surface area is 82.9 Å². The van der Waals surface area contributed by atoms with Gasteiger partial charge < -0.3 is 4.74 Å². The molecule has 0 atom stereocenters. The normalized spacial score (nSPS) is 12.0. The quantitative estimate of drug-likeness (QED) is 0.753. The molecule has 0 spiro atoms. The van der Waals surface area contributed by atoms with Gasteiger partial charge in [0.05, 0.1) is 5.60 Å². The maximum Gasteiger partial charge on any atom is 0.215 e. The Bertz CT molecular complexity index is 339. The van der Waals surface area contributed by atoms with Crippen LogP contribution in [-0.4, -0.2) is 27.5 Å². The molecule has 0 aliphatic carbocycles.